The Morgan fingerprint density at radius 1 is 1.22 bits per heavy atom. The van der Waals surface area contributed by atoms with Crippen molar-refractivity contribution in [1.29, 1.82) is 0 Å². The van der Waals surface area contributed by atoms with Crippen molar-refractivity contribution in [1.82, 2.24) is 4.90 Å². The van der Waals surface area contributed by atoms with Crippen molar-refractivity contribution in [3.8, 4) is 0 Å². The molecule has 0 saturated heterocycles. The molecule has 0 spiro atoms. The molecule has 0 radical (unpaired) electrons. The van der Waals surface area contributed by atoms with Crippen molar-refractivity contribution in [3.05, 3.63) is 23.3 Å². The summed E-state index contributed by atoms with van der Waals surface area (Å²) in [5.41, 5.74) is -0.0297. The second kappa shape index (κ2) is 11.1. The summed E-state index contributed by atoms with van der Waals surface area (Å²) in [6.45, 7) is 9.60. The number of nitrogens with zero attached hydrogens (tertiary/aromatic N) is 1. The Morgan fingerprint density at radius 3 is 2.49 bits per heavy atom. The number of allylic oxidation sites excluding steroid dienone is 2. The van der Waals surface area contributed by atoms with E-state index in [-0.39, 0.29) is 60.3 Å². The molecular formula is C29H43NO7. The molecule has 0 aromatic heterocycles. The molecule has 7 unspecified atom stereocenters. The van der Waals surface area contributed by atoms with Gasteiger partial charge in [0.2, 0.25) is 5.91 Å². The van der Waals surface area contributed by atoms with Gasteiger partial charge in [-0.2, -0.15) is 0 Å². The molecule has 1 N–H and O–H groups in total. The minimum atomic E-state index is -1.14. The van der Waals surface area contributed by atoms with Crippen LogP contribution >= 0.6 is 0 Å². The fraction of sp³-hybridized carbons (Fsp3) is 0.724. The van der Waals surface area contributed by atoms with Gasteiger partial charge in [0.1, 0.15) is 17.3 Å². The Labute approximate surface area is 220 Å². The fourth-order valence-corrected chi connectivity index (χ4v) is 7.35. The van der Waals surface area contributed by atoms with Gasteiger partial charge in [0.25, 0.3) is 0 Å². The monoisotopic (exact) mass is 517 g/mol. The van der Waals surface area contributed by atoms with Crippen LogP contribution in [0.1, 0.15) is 66.7 Å². The Balaban J connectivity index is 1.95. The number of aliphatic hydroxyl groups is 1. The van der Waals surface area contributed by atoms with E-state index in [1.165, 1.54) is 12.0 Å². The van der Waals surface area contributed by atoms with Crippen LogP contribution in [0.4, 0.5) is 0 Å². The van der Waals surface area contributed by atoms with Crippen LogP contribution in [0, 0.1) is 34.5 Å². The number of amides is 1. The minimum absolute atomic E-state index is 0.0501. The SMILES string of the molecule is CC=C(C)C(=O)OC1CCC2(C)C3CCC(=CC(=O)N(C)CCO)C(C)C3C(=O)CC2C1(C)C(=O)OC. The number of rotatable bonds is 6. The topological polar surface area (TPSA) is 110 Å². The lowest BCUT2D eigenvalue weighted by molar-refractivity contribution is -0.204. The zero-order chi connectivity index (χ0) is 27.7. The number of likely N-dealkylation sites (N-methyl/N-ethyl adjacent to an activating group) is 1. The maximum atomic E-state index is 13.8. The van der Waals surface area contributed by atoms with Gasteiger partial charge in [0.15, 0.2) is 0 Å². The van der Waals surface area contributed by atoms with Crippen LogP contribution in [0.5, 0.6) is 0 Å². The molecule has 1 amide bonds. The van der Waals surface area contributed by atoms with E-state index in [4.69, 9.17) is 14.6 Å². The predicted molar refractivity (Wildman–Crippen MR) is 138 cm³/mol. The number of fused-ring (bicyclic) bond motifs is 3. The van der Waals surface area contributed by atoms with Crippen LogP contribution in [0.2, 0.25) is 0 Å². The highest BCUT2D eigenvalue weighted by atomic mass is 16.6. The van der Waals surface area contributed by atoms with E-state index in [0.29, 0.717) is 18.4 Å². The van der Waals surface area contributed by atoms with Crippen molar-refractivity contribution in [2.45, 2.75) is 72.8 Å². The van der Waals surface area contributed by atoms with Crippen molar-refractivity contribution in [3.63, 3.8) is 0 Å². The molecule has 3 saturated carbocycles. The van der Waals surface area contributed by atoms with Crippen molar-refractivity contribution in [2.75, 3.05) is 27.3 Å². The van der Waals surface area contributed by atoms with Gasteiger partial charge in [-0.05, 0) is 69.6 Å². The third-order valence-electron chi connectivity index (χ3n) is 9.81. The molecule has 0 aliphatic heterocycles. The van der Waals surface area contributed by atoms with E-state index in [1.54, 1.807) is 40.0 Å². The molecule has 3 fully saturated rings. The van der Waals surface area contributed by atoms with Crippen LogP contribution in [0.15, 0.2) is 23.3 Å². The lowest BCUT2D eigenvalue weighted by Gasteiger charge is -2.61. The molecule has 0 aromatic rings. The first kappa shape index (κ1) is 29.1. The maximum Gasteiger partial charge on any atom is 0.333 e. The summed E-state index contributed by atoms with van der Waals surface area (Å²) in [5, 5.41) is 9.15. The number of aliphatic hydroxyl groups excluding tert-OH is 1. The Bertz CT molecular complexity index is 1000. The first-order valence-corrected chi connectivity index (χ1v) is 13.4. The van der Waals surface area contributed by atoms with E-state index < -0.39 is 23.5 Å². The third-order valence-corrected chi connectivity index (χ3v) is 9.81. The van der Waals surface area contributed by atoms with Gasteiger partial charge in [-0.3, -0.25) is 14.4 Å². The molecular weight excluding hydrogens is 474 g/mol. The smallest absolute Gasteiger partial charge is 0.333 e. The Hall–Kier alpha value is -2.48. The molecule has 3 aliphatic rings. The van der Waals surface area contributed by atoms with Crippen LogP contribution in [0.3, 0.4) is 0 Å². The Kier molecular flexibility index (Phi) is 8.72. The number of ether oxygens (including phenoxy) is 2. The van der Waals surface area contributed by atoms with Crippen LogP contribution < -0.4 is 0 Å². The highest BCUT2D eigenvalue weighted by molar-refractivity contribution is 5.90. The second-order valence-electron chi connectivity index (χ2n) is 11.6. The highest BCUT2D eigenvalue weighted by Crippen LogP contribution is 2.64. The zero-order valence-corrected chi connectivity index (χ0v) is 23.3. The van der Waals surface area contributed by atoms with Crippen molar-refractivity contribution >= 4 is 23.6 Å². The normalized spacial score (nSPS) is 36.9. The molecule has 3 rings (SSSR count). The van der Waals surface area contributed by atoms with E-state index in [1.807, 2.05) is 6.92 Å². The van der Waals surface area contributed by atoms with Crippen molar-refractivity contribution < 1.29 is 33.8 Å². The van der Waals surface area contributed by atoms with Gasteiger partial charge in [0, 0.05) is 37.6 Å². The molecule has 0 aromatic carbocycles. The second-order valence-corrected chi connectivity index (χ2v) is 11.6. The number of esters is 2. The first-order chi connectivity index (χ1) is 17.4. The van der Waals surface area contributed by atoms with Crippen LogP contribution in [0.25, 0.3) is 0 Å². The van der Waals surface area contributed by atoms with Gasteiger partial charge in [0.05, 0.1) is 13.7 Å². The van der Waals surface area contributed by atoms with Crippen molar-refractivity contribution in [2.24, 2.45) is 34.5 Å². The summed E-state index contributed by atoms with van der Waals surface area (Å²) in [6, 6.07) is 0. The summed E-state index contributed by atoms with van der Waals surface area (Å²) >= 11 is 0. The number of carbonyl (C=O) groups is 4. The fourth-order valence-electron chi connectivity index (χ4n) is 7.35. The lowest BCUT2D eigenvalue weighted by Crippen LogP contribution is -2.64. The zero-order valence-electron chi connectivity index (χ0n) is 23.3. The number of ketones is 1. The average molecular weight is 518 g/mol. The third kappa shape index (κ3) is 5.01. The number of hydrogen-bond acceptors (Lipinski definition) is 7. The van der Waals surface area contributed by atoms with Gasteiger partial charge < -0.3 is 19.5 Å². The quantitative estimate of drug-likeness (QED) is 0.424. The van der Waals surface area contributed by atoms with Crippen LogP contribution in [-0.4, -0.2) is 67.0 Å². The minimum Gasteiger partial charge on any atom is -0.468 e. The summed E-state index contributed by atoms with van der Waals surface area (Å²) in [6.07, 6.45) is 5.53. The number of hydrogen-bond donors (Lipinski definition) is 1. The lowest BCUT2D eigenvalue weighted by atomic mass is 9.42. The van der Waals surface area contributed by atoms with E-state index in [9.17, 15) is 19.2 Å². The average Bonchev–Trinajstić information content (AvgIpc) is 2.87. The number of Topliss-reactive ketones (excluding diaryl/α,β-unsaturated/α-hetero) is 1. The summed E-state index contributed by atoms with van der Waals surface area (Å²) in [4.78, 5) is 53.9. The summed E-state index contributed by atoms with van der Waals surface area (Å²) < 4.78 is 11.1. The van der Waals surface area contributed by atoms with Gasteiger partial charge in [-0.25, -0.2) is 4.79 Å². The van der Waals surface area contributed by atoms with E-state index in [2.05, 4.69) is 6.92 Å². The maximum absolute atomic E-state index is 13.8. The molecule has 3 aliphatic carbocycles. The molecule has 8 nitrogen and oxygen atoms in total. The first-order valence-electron chi connectivity index (χ1n) is 13.4. The molecule has 7 atom stereocenters. The molecule has 206 valence electrons. The molecule has 37 heavy (non-hydrogen) atoms. The van der Waals surface area contributed by atoms with Gasteiger partial charge in [-0.1, -0.05) is 25.5 Å². The van der Waals surface area contributed by atoms with Gasteiger partial charge >= 0.3 is 11.9 Å². The summed E-state index contributed by atoms with van der Waals surface area (Å²) in [7, 11) is 2.99. The number of carbonyl (C=O) groups excluding carboxylic acids is 4. The summed E-state index contributed by atoms with van der Waals surface area (Å²) in [5.74, 6) is -1.58. The molecule has 0 bridgehead atoms. The standard InChI is InChI=1S/C29H43NO7/c1-8-17(2)26(34)37-23-11-12-28(4)20-10-9-19(15-24(33)30(6)13-14-31)18(3)25(20)21(32)16-22(28)29(23,5)27(35)36-7/h8,15,18,20,22-23,25,31H,9-14,16H2,1-7H3. The van der Waals surface area contributed by atoms with E-state index in [0.717, 1.165) is 18.4 Å². The van der Waals surface area contributed by atoms with Gasteiger partial charge in [-0.15, -0.1) is 0 Å². The highest BCUT2D eigenvalue weighted by Gasteiger charge is 2.66. The van der Waals surface area contributed by atoms with Crippen LogP contribution in [-0.2, 0) is 28.7 Å². The predicted octanol–water partition coefficient (Wildman–Crippen LogP) is 3.47. The largest absolute Gasteiger partial charge is 0.468 e. The molecule has 8 heteroatoms. The van der Waals surface area contributed by atoms with E-state index >= 15 is 0 Å². The number of methoxy groups -OCH3 is 1. The molecule has 0 heterocycles. The Morgan fingerprint density at radius 2 is 1.89 bits per heavy atom.